The minimum absolute atomic E-state index is 0.0970. The number of fused-ring (bicyclic) bond motifs is 1. The first-order valence-electron chi connectivity index (χ1n) is 8.88. The molecule has 1 atom stereocenters. The normalized spacial score (nSPS) is 19.4. The Morgan fingerprint density at radius 3 is 2.92 bits per heavy atom. The van der Waals surface area contributed by atoms with E-state index in [0.29, 0.717) is 19.0 Å². The molecular formula is C18H22N4O3S. The van der Waals surface area contributed by atoms with E-state index in [1.807, 2.05) is 28.6 Å². The Bertz CT molecular complexity index is 794. The summed E-state index contributed by atoms with van der Waals surface area (Å²) in [6, 6.07) is 6.15. The highest BCUT2D eigenvalue weighted by Gasteiger charge is 2.30. The lowest BCUT2D eigenvalue weighted by atomic mass is 10.0. The molecule has 1 aromatic carbocycles. The molecule has 1 aromatic heterocycles. The van der Waals surface area contributed by atoms with E-state index in [4.69, 9.17) is 9.47 Å². The zero-order chi connectivity index (χ0) is 17.9. The van der Waals surface area contributed by atoms with Gasteiger partial charge in [-0.1, -0.05) is 17.8 Å². The van der Waals surface area contributed by atoms with Gasteiger partial charge in [0.1, 0.15) is 6.33 Å². The van der Waals surface area contributed by atoms with E-state index in [2.05, 4.69) is 16.3 Å². The predicted molar refractivity (Wildman–Crippen MR) is 97.5 cm³/mol. The van der Waals surface area contributed by atoms with Crippen molar-refractivity contribution in [2.75, 3.05) is 25.5 Å². The van der Waals surface area contributed by atoms with Crippen LogP contribution in [-0.4, -0.2) is 51.1 Å². The molecule has 26 heavy (non-hydrogen) atoms. The molecule has 4 rings (SSSR count). The van der Waals surface area contributed by atoms with Gasteiger partial charge in [0.2, 0.25) is 5.91 Å². The monoisotopic (exact) mass is 374 g/mol. The first-order valence-corrected chi connectivity index (χ1v) is 9.87. The molecule has 7 nitrogen and oxygen atoms in total. The van der Waals surface area contributed by atoms with Crippen molar-refractivity contribution in [3.63, 3.8) is 0 Å². The van der Waals surface area contributed by atoms with E-state index in [9.17, 15) is 4.79 Å². The van der Waals surface area contributed by atoms with Gasteiger partial charge in [0.15, 0.2) is 16.7 Å². The maximum absolute atomic E-state index is 12.8. The topological polar surface area (TPSA) is 69.5 Å². The van der Waals surface area contributed by atoms with Crippen molar-refractivity contribution >= 4 is 17.7 Å². The van der Waals surface area contributed by atoms with Crippen molar-refractivity contribution in [2.45, 2.75) is 30.5 Å². The molecule has 0 N–H and O–H groups in total. The molecule has 0 bridgehead atoms. The summed E-state index contributed by atoms with van der Waals surface area (Å²) in [6.45, 7) is 2.13. The Morgan fingerprint density at radius 1 is 1.27 bits per heavy atom. The SMILES string of the molecule is Cn1cnnc1SCC(=O)N1CCC[C@@H]1c1ccc2c(c1)OCCCO2. The van der Waals surface area contributed by atoms with E-state index in [0.717, 1.165) is 48.0 Å². The number of carbonyl (C=O) groups is 1. The maximum atomic E-state index is 12.8. The second kappa shape index (κ2) is 7.57. The summed E-state index contributed by atoms with van der Waals surface area (Å²) in [7, 11) is 1.88. The van der Waals surface area contributed by atoms with Crippen molar-refractivity contribution in [1.82, 2.24) is 19.7 Å². The Morgan fingerprint density at radius 2 is 2.12 bits per heavy atom. The van der Waals surface area contributed by atoms with Gasteiger partial charge in [-0.15, -0.1) is 10.2 Å². The summed E-state index contributed by atoms with van der Waals surface area (Å²) < 4.78 is 13.3. The van der Waals surface area contributed by atoms with Crippen molar-refractivity contribution in [2.24, 2.45) is 7.05 Å². The minimum Gasteiger partial charge on any atom is -0.490 e. The summed E-state index contributed by atoms with van der Waals surface area (Å²) >= 11 is 1.42. The van der Waals surface area contributed by atoms with E-state index < -0.39 is 0 Å². The second-order valence-corrected chi connectivity index (χ2v) is 7.46. The van der Waals surface area contributed by atoms with E-state index in [1.165, 1.54) is 11.8 Å². The summed E-state index contributed by atoms with van der Waals surface area (Å²) in [4.78, 5) is 14.7. The van der Waals surface area contributed by atoms with Gasteiger partial charge in [-0.2, -0.15) is 0 Å². The molecule has 2 aliphatic heterocycles. The molecule has 0 unspecified atom stereocenters. The number of likely N-dealkylation sites (tertiary alicyclic amines) is 1. The quantitative estimate of drug-likeness (QED) is 0.766. The van der Waals surface area contributed by atoms with Gasteiger partial charge in [0.25, 0.3) is 0 Å². The number of rotatable bonds is 4. The van der Waals surface area contributed by atoms with Crippen molar-refractivity contribution in [3.05, 3.63) is 30.1 Å². The van der Waals surface area contributed by atoms with Gasteiger partial charge in [-0.25, -0.2) is 0 Å². The molecule has 8 heteroatoms. The predicted octanol–water partition coefficient (Wildman–Crippen LogP) is 2.43. The summed E-state index contributed by atoms with van der Waals surface area (Å²) in [6.07, 6.45) is 4.51. The average molecular weight is 374 g/mol. The van der Waals surface area contributed by atoms with E-state index >= 15 is 0 Å². The van der Waals surface area contributed by atoms with Crippen LogP contribution in [0.2, 0.25) is 0 Å². The average Bonchev–Trinajstić information content (AvgIpc) is 3.23. The van der Waals surface area contributed by atoms with Crippen LogP contribution in [0.4, 0.5) is 0 Å². The number of aromatic nitrogens is 3. The van der Waals surface area contributed by atoms with Crippen molar-refractivity contribution in [3.8, 4) is 11.5 Å². The van der Waals surface area contributed by atoms with Crippen LogP contribution >= 0.6 is 11.8 Å². The lowest BCUT2D eigenvalue weighted by molar-refractivity contribution is -0.129. The highest BCUT2D eigenvalue weighted by Crippen LogP contribution is 2.38. The third-order valence-electron chi connectivity index (χ3n) is 4.72. The van der Waals surface area contributed by atoms with Crippen LogP contribution in [0.15, 0.2) is 29.7 Å². The standard InChI is InChI=1S/C18H22N4O3S/c1-21-12-19-20-18(21)26-11-17(23)22-7-2-4-14(22)13-5-6-15-16(10-13)25-9-3-8-24-15/h5-6,10,12,14H,2-4,7-9,11H2,1H3/t14-/m1/s1. The van der Waals surface area contributed by atoms with Crippen LogP contribution in [0.3, 0.4) is 0 Å². The molecule has 0 radical (unpaired) electrons. The number of aryl methyl sites for hydroxylation is 1. The molecule has 1 amide bonds. The third-order valence-corrected chi connectivity index (χ3v) is 5.74. The Kier molecular flexibility index (Phi) is 5.01. The van der Waals surface area contributed by atoms with Crippen LogP contribution < -0.4 is 9.47 Å². The molecule has 0 spiro atoms. The largest absolute Gasteiger partial charge is 0.490 e. The van der Waals surface area contributed by atoms with Crippen LogP contribution in [0.5, 0.6) is 11.5 Å². The van der Waals surface area contributed by atoms with Gasteiger partial charge in [-0.3, -0.25) is 4.79 Å². The first-order chi connectivity index (χ1) is 12.7. The van der Waals surface area contributed by atoms with Gasteiger partial charge >= 0.3 is 0 Å². The smallest absolute Gasteiger partial charge is 0.233 e. The van der Waals surface area contributed by atoms with Crippen molar-refractivity contribution in [1.29, 1.82) is 0 Å². The van der Waals surface area contributed by atoms with Gasteiger partial charge in [-0.05, 0) is 30.5 Å². The van der Waals surface area contributed by atoms with Gasteiger partial charge in [0.05, 0.1) is 25.0 Å². The lowest BCUT2D eigenvalue weighted by Gasteiger charge is -2.25. The molecule has 0 saturated carbocycles. The number of hydrogen-bond donors (Lipinski definition) is 0. The zero-order valence-corrected chi connectivity index (χ0v) is 15.6. The molecule has 3 heterocycles. The van der Waals surface area contributed by atoms with Gasteiger partial charge < -0.3 is 18.9 Å². The minimum atomic E-state index is 0.0970. The number of carbonyl (C=O) groups excluding carboxylic acids is 1. The molecule has 1 saturated heterocycles. The van der Waals surface area contributed by atoms with E-state index in [1.54, 1.807) is 6.33 Å². The molecule has 2 aromatic rings. The number of benzene rings is 1. The molecular weight excluding hydrogens is 352 g/mol. The number of amides is 1. The molecule has 138 valence electrons. The highest BCUT2D eigenvalue weighted by molar-refractivity contribution is 7.99. The molecule has 2 aliphatic rings. The fourth-order valence-electron chi connectivity index (χ4n) is 3.41. The highest BCUT2D eigenvalue weighted by atomic mass is 32.2. The number of hydrogen-bond acceptors (Lipinski definition) is 6. The first kappa shape index (κ1) is 17.2. The fraction of sp³-hybridized carbons (Fsp3) is 0.500. The zero-order valence-electron chi connectivity index (χ0n) is 14.8. The number of nitrogens with zero attached hydrogens (tertiary/aromatic N) is 4. The summed E-state index contributed by atoms with van der Waals surface area (Å²) in [5.41, 5.74) is 1.11. The summed E-state index contributed by atoms with van der Waals surface area (Å²) in [5, 5.41) is 8.63. The van der Waals surface area contributed by atoms with E-state index in [-0.39, 0.29) is 11.9 Å². The Balaban J connectivity index is 1.47. The van der Waals surface area contributed by atoms with Crippen LogP contribution in [0, 0.1) is 0 Å². The van der Waals surface area contributed by atoms with Crippen LogP contribution in [0.25, 0.3) is 0 Å². The van der Waals surface area contributed by atoms with Crippen LogP contribution in [-0.2, 0) is 11.8 Å². The number of thioether (sulfide) groups is 1. The van der Waals surface area contributed by atoms with Gasteiger partial charge in [0, 0.05) is 20.0 Å². The maximum Gasteiger partial charge on any atom is 0.233 e. The molecule has 0 aliphatic carbocycles. The lowest BCUT2D eigenvalue weighted by Crippen LogP contribution is -2.32. The Hall–Kier alpha value is -2.22. The Labute approximate surface area is 156 Å². The second-order valence-electron chi connectivity index (χ2n) is 6.51. The third kappa shape index (κ3) is 3.51. The number of ether oxygens (including phenoxy) is 2. The molecule has 1 fully saturated rings. The fourth-order valence-corrected chi connectivity index (χ4v) is 4.19. The summed E-state index contributed by atoms with van der Waals surface area (Å²) in [5.74, 6) is 2.08. The van der Waals surface area contributed by atoms with Crippen molar-refractivity contribution < 1.29 is 14.3 Å². The van der Waals surface area contributed by atoms with Crippen LogP contribution in [0.1, 0.15) is 30.9 Å².